The molecule has 1 fully saturated rings. The summed E-state index contributed by atoms with van der Waals surface area (Å²) in [6.45, 7) is 2.16. The molecule has 1 atom stereocenters. The van der Waals surface area contributed by atoms with E-state index in [9.17, 15) is 18.4 Å². The molecule has 1 heterocycles. The largest absolute Gasteiger partial charge is 0.323 e. The molecule has 6 heteroatoms. The van der Waals surface area contributed by atoms with Gasteiger partial charge in [0.2, 0.25) is 11.8 Å². The van der Waals surface area contributed by atoms with E-state index >= 15 is 0 Å². The van der Waals surface area contributed by atoms with Crippen LogP contribution in [0.1, 0.15) is 12.0 Å². The molecule has 0 aliphatic carbocycles. The molecule has 1 saturated heterocycles. The van der Waals surface area contributed by atoms with Crippen LogP contribution in [0.2, 0.25) is 0 Å². The van der Waals surface area contributed by atoms with Gasteiger partial charge in [-0.25, -0.2) is 8.78 Å². The zero-order valence-corrected chi connectivity index (χ0v) is 13.1. The van der Waals surface area contributed by atoms with E-state index in [1.165, 1.54) is 0 Å². The average Bonchev–Trinajstić information content (AvgIpc) is 2.92. The van der Waals surface area contributed by atoms with Gasteiger partial charge in [-0.15, -0.1) is 0 Å². The van der Waals surface area contributed by atoms with Gasteiger partial charge in [-0.2, -0.15) is 0 Å². The Balaban J connectivity index is 1.72. The molecule has 24 heavy (non-hydrogen) atoms. The van der Waals surface area contributed by atoms with Crippen LogP contribution in [-0.2, 0) is 9.59 Å². The first kappa shape index (κ1) is 16.1. The number of hydrogen-bond acceptors (Lipinski definition) is 2. The number of aryl methyl sites for hydroxylation is 1. The molecule has 2 amide bonds. The van der Waals surface area contributed by atoms with Crippen LogP contribution >= 0.6 is 0 Å². The number of nitrogens with one attached hydrogen (secondary N) is 1. The zero-order chi connectivity index (χ0) is 17.3. The van der Waals surface area contributed by atoms with Gasteiger partial charge in [-0.1, -0.05) is 12.1 Å². The molecule has 1 N–H and O–H groups in total. The first-order chi connectivity index (χ1) is 11.4. The van der Waals surface area contributed by atoms with Crippen molar-refractivity contribution in [1.29, 1.82) is 0 Å². The highest BCUT2D eigenvalue weighted by molar-refractivity contribution is 6.03. The molecule has 0 spiro atoms. The highest BCUT2D eigenvalue weighted by Crippen LogP contribution is 2.27. The lowest BCUT2D eigenvalue weighted by atomic mass is 10.1. The number of anilines is 2. The smallest absolute Gasteiger partial charge is 0.229 e. The normalized spacial score (nSPS) is 17.2. The minimum Gasteiger partial charge on any atom is -0.323 e. The summed E-state index contributed by atoms with van der Waals surface area (Å²) < 4.78 is 26.5. The Morgan fingerprint density at radius 3 is 2.71 bits per heavy atom. The van der Waals surface area contributed by atoms with E-state index in [4.69, 9.17) is 0 Å². The molecule has 3 rings (SSSR count). The minimum atomic E-state index is -0.844. The Morgan fingerprint density at radius 1 is 1.21 bits per heavy atom. The maximum atomic E-state index is 13.6. The van der Waals surface area contributed by atoms with Crippen LogP contribution in [0.4, 0.5) is 20.2 Å². The van der Waals surface area contributed by atoms with E-state index in [0.717, 1.165) is 23.4 Å². The topological polar surface area (TPSA) is 49.4 Å². The van der Waals surface area contributed by atoms with Crippen LogP contribution in [0.5, 0.6) is 0 Å². The van der Waals surface area contributed by atoms with E-state index in [1.807, 2.05) is 31.2 Å². The maximum absolute atomic E-state index is 13.6. The number of carbonyl (C=O) groups excluding carboxylic acids is 2. The number of benzene rings is 2. The van der Waals surface area contributed by atoms with Gasteiger partial charge in [0, 0.05) is 24.7 Å². The van der Waals surface area contributed by atoms with Gasteiger partial charge >= 0.3 is 0 Å². The Bertz CT molecular complexity index is 807. The van der Waals surface area contributed by atoms with Crippen LogP contribution in [-0.4, -0.2) is 18.4 Å². The van der Waals surface area contributed by atoms with Gasteiger partial charge in [0.1, 0.15) is 11.6 Å². The van der Waals surface area contributed by atoms with E-state index in [-0.39, 0.29) is 24.6 Å². The molecule has 4 nitrogen and oxygen atoms in total. The van der Waals surface area contributed by atoms with Crippen LogP contribution in [0, 0.1) is 24.5 Å². The third-order valence-electron chi connectivity index (χ3n) is 4.00. The molecule has 0 saturated carbocycles. The first-order valence-corrected chi connectivity index (χ1v) is 7.57. The average molecular weight is 330 g/mol. The van der Waals surface area contributed by atoms with Crippen molar-refractivity contribution in [1.82, 2.24) is 0 Å². The van der Waals surface area contributed by atoms with Gasteiger partial charge in [-0.05, 0) is 36.8 Å². The fourth-order valence-electron chi connectivity index (χ4n) is 2.75. The molecular weight excluding hydrogens is 314 g/mol. The second-order valence-electron chi connectivity index (χ2n) is 5.86. The van der Waals surface area contributed by atoms with Crippen molar-refractivity contribution in [3.8, 4) is 0 Å². The molecule has 1 aliphatic rings. The summed E-state index contributed by atoms with van der Waals surface area (Å²) in [5, 5.41) is 2.42. The third-order valence-corrected chi connectivity index (χ3v) is 4.00. The Labute approximate surface area is 138 Å². The van der Waals surface area contributed by atoms with Crippen LogP contribution in [0.15, 0.2) is 42.5 Å². The minimum absolute atomic E-state index is 0.0581. The fourth-order valence-corrected chi connectivity index (χ4v) is 2.75. The van der Waals surface area contributed by atoms with Crippen molar-refractivity contribution in [3.63, 3.8) is 0 Å². The number of nitrogens with zero attached hydrogens (tertiary/aromatic N) is 1. The Morgan fingerprint density at radius 2 is 2.00 bits per heavy atom. The van der Waals surface area contributed by atoms with Gasteiger partial charge in [0.25, 0.3) is 0 Å². The highest BCUT2D eigenvalue weighted by atomic mass is 19.1. The standard InChI is InChI=1S/C18H16F2N2O2/c1-11-3-2-4-14(7-11)22-10-12(8-17(22)23)18(24)21-16-6-5-13(19)9-15(16)20/h2-7,9,12H,8,10H2,1H3,(H,21,24). The quantitative estimate of drug-likeness (QED) is 0.939. The molecule has 1 aliphatic heterocycles. The number of amides is 2. The lowest BCUT2D eigenvalue weighted by Crippen LogP contribution is -2.28. The van der Waals surface area contributed by atoms with Gasteiger partial charge in [0.15, 0.2) is 0 Å². The predicted octanol–water partition coefficient (Wildman–Crippen LogP) is 3.26. The summed E-state index contributed by atoms with van der Waals surface area (Å²) in [5.41, 5.74) is 1.66. The van der Waals surface area contributed by atoms with Crippen molar-refractivity contribution in [2.45, 2.75) is 13.3 Å². The van der Waals surface area contributed by atoms with Crippen LogP contribution in [0.3, 0.4) is 0 Å². The first-order valence-electron chi connectivity index (χ1n) is 7.57. The van der Waals surface area contributed by atoms with Gasteiger partial charge in [-0.3, -0.25) is 9.59 Å². The van der Waals surface area contributed by atoms with Crippen molar-refractivity contribution in [2.75, 3.05) is 16.8 Å². The van der Waals surface area contributed by atoms with Gasteiger partial charge < -0.3 is 10.2 Å². The van der Waals surface area contributed by atoms with E-state index in [1.54, 1.807) is 4.90 Å². The zero-order valence-electron chi connectivity index (χ0n) is 13.1. The summed E-state index contributed by atoms with van der Waals surface area (Å²) in [5.74, 6) is -2.75. The van der Waals surface area contributed by atoms with E-state index < -0.39 is 23.5 Å². The number of carbonyl (C=O) groups is 2. The van der Waals surface area contributed by atoms with Crippen molar-refractivity contribution >= 4 is 23.2 Å². The second-order valence-corrected chi connectivity index (χ2v) is 5.86. The van der Waals surface area contributed by atoms with Gasteiger partial charge in [0.05, 0.1) is 11.6 Å². The summed E-state index contributed by atoms with van der Waals surface area (Å²) >= 11 is 0. The van der Waals surface area contributed by atoms with Crippen molar-refractivity contribution in [2.24, 2.45) is 5.92 Å². The summed E-state index contributed by atoms with van der Waals surface area (Å²) in [7, 11) is 0. The number of hydrogen-bond donors (Lipinski definition) is 1. The monoisotopic (exact) mass is 330 g/mol. The second kappa shape index (κ2) is 6.39. The predicted molar refractivity (Wildman–Crippen MR) is 86.6 cm³/mol. The van der Waals surface area contributed by atoms with Crippen molar-refractivity contribution in [3.05, 3.63) is 59.7 Å². The molecule has 1 unspecified atom stereocenters. The molecule has 0 aromatic heterocycles. The fraction of sp³-hybridized carbons (Fsp3) is 0.222. The Kier molecular flexibility index (Phi) is 4.29. The maximum Gasteiger partial charge on any atom is 0.229 e. The molecule has 124 valence electrons. The summed E-state index contributed by atoms with van der Waals surface area (Å²) in [4.78, 5) is 26.0. The van der Waals surface area contributed by atoms with E-state index in [0.29, 0.717) is 6.07 Å². The molecule has 0 bridgehead atoms. The summed E-state index contributed by atoms with van der Waals surface area (Å²) in [6.07, 6.45) is 0.0581. The number of halogens is 2. The highest BCUT2D eigenvalue weighted by Gasteiger charge is 2.35. The SMILES string of the molecule is Cc1cccc(N2CC(C(=O)Nc3ccc(F)cc3F)CC2=O)c1. The van der Waals surface area contributed by atoms with Crippen molar-refractivity contribution < 1.29 is 18.4 Å². The molecular formula is C18H16F2N2O2. The number of rotatable bonds is 3. The van der Waals surface area contributed by atoms with E-state index in [2.05, 4.69) is 5.32 Å². The summed E-state index contributed by atoms with van der Waals surface area (Å²) in [6, 6.07) is 10.4. The Hall–Kier alpha value is -2.76. The lowest BCUT2D eigenvalue weighted by Gasteiger charge is -2.17. The van der Waals surface area contributed by atoms with Crippen LogP contribution in [0.25, 0.3) is 0 Å². The molecule has 2 aromatic carbocycles. The van der Waals surface area contributed by atoms with Crippen LogP contribution < -0.4 is 10.2 Å². The third kappa shape index (κ3) is 3.27. The molecule has 2 aromatic rings. The molecule has 0 radical (unpaired) electrons. The lowest BCUT2D eigenvalue weighted by molar-refractivity contribution is -0.122.